The minimum absolute atomic E-state index is 0.289. The Bertz CT molecular complexity index is 301. The van der Waals surface area contributed by atoms with Gasteiger partial charge in [0, 0.05) is 19.1 Å². The minimum atomic E-state index is 0.289. The average molecular weight is 266 g/mol. The summed E-state index contributed by atoms with van der Waals surface area (Å²) < 4.78 is 6.46. The van der Waals surface area contributed by atoms with Crippen molar-refractivity contribution in [3.63, 3.8) is 0 Å². The van der Waals surface area contributed by atoms with Gasteiger partial charge in [-0.25, -0.2) is 0 Å². The van der Waals surface area contributed by atoms with Gasteiger partial charge in [0.25, 0.3) is 0 Å². The Morgan fingerprint density at radius 2 is 1.95 bits per heavy atom. The summed E-state index contributed by atoms with van der Waals surface area (Å²) in [5.74, 6) is 0.707. The van der Waals surface area contributed by atoms with Gasteiger partial charge in [0.15, 0.2) is 0 Å². The number of piperidine rings is 1. The monoisotopic (exact) mass is 266 g/mol. The molecule has 3 nitrogen and oxygen atoms in total. The van der Waals surface area contributed by atoms with E-state index in [1.54, 1.807) is 0 Å². The number of hydrogen-bond acceptors (Lipinski definition) is 3. The van der Waals surface area contributed by atoms with Crippen molar-refractivity contribution in [2.75, 3.05) is 19.6 Å². The second-order valence-electron chi connectivity index (χ2n) is 7.15. The summed E-state index contributed by atoms with van der Waals surface area (Å²) in [4.78, 5) is 2.64. The van der Waals surface area contributed by atoms with Crippen LogP contribution in [0, 0.1) is 5.92 Å². The summed E-state index contributed by atoms with van der Waals surface area (Å²) in [7, 11) is 0. The van der Waals surface area contributed by atoms with Crippen molar-refractivity contribution in [1.29, 1.82) is 0 Å². The lowest BCUT2D eigenvalue weighted by Gasteiger charge is -2.39. The molecule has 0 amide bonds. The van der Waals surface area contributed by atoms with Gasteiger partial charge >= 0.3 is 0 Å². The second-order valence-corrected chi connectivity index (χ2v) is 7.15. The van der Waals surface area contributed by atoms with Crippen LogP contribution < -0.4 is 5.73 Å². The molecule has 3 rings (SSSR count). The molecule has 1 spiro atoms. The molecule has 110 valence electrons. The molecule has 19 heavy (non-hydrogen) atoms. The van der Waals surface area contributed by atoms with E-state index in [9.17, 15) is 0 Å². The van der Waals surface area contributed by atoms with E-state index in [-0.39, 0.29) is 5.60 Å². The number of hydrogen-bond donors (Lipinski definition) is 1. The van der Waals surface area contributed by atoms with Crippen molar-refractivity contribution in [3.8, 4) is 0 Å². The highest BCUT2D eigenvalue weighted by molar-refractivity contribution is 4.94. The lowest BCUT2D eigenvalue weighted by atomic mass is 9.93. The Morgan fingerprint density at radius 3 is 2.68 bits per heavy atom. The predicted octanol–water partition coefficient (Wildman–Crippen LogP) is 2.54. The zero-order chi connectivity index (χ0) is 13.3. The predicted molar refractivity (Wildman–Crippen MR) is 78.1 cm³/mol. The smallest absolute Gasteiger partial charge is 0.0710 e. The fraction of sp³-hybridized carbons (Fsp3) is 1.00. The van der Waals surface area contributed by atoms with E-state index in [1.165, 1.54) is 57.9 Å². The third-order valence-electron chi connectivity index (χ3n) is 5.73. The molecule has 0 aromatic rings. The van der Waals surface area contributed by atoms with Crippen LogP contribution in [0.25, 0.3) is 0 Å². The number of likely N-dealkylation sites (tertiary alicyclic amines) is 1. The maximum Gasteiger partial charge on any atom is 0.0710 e. The first kappa shape index (κ1) is 13.8. The third kappa shape index (κ3) is 2.98. The highest BCUT2D eigenvalue weighted by atomic mass is 16.5. The zero-order valence-corrected chi connectivity index (χ0v) is 12.4. The number of rotatable bonds is 3. The first-order valence-electron chi connectivity index (χ1n) is 8.33. The van der Waals surface area contributed by atoms with Gasteiger partial charge in [-0.15, -0.1) is 0 Å². The molecule has 3 atom stereocenters. The van der Waals surface area contributed by atoms with Crippen LogP contribution in [-0.2, 0) is 4.74 Å². The Balaban J connectivity index is 1.53. The van der Waals surface area contributed by atoms with Crippen LogP contribution in [0.15, 0.2) is 0 Å². The third-order valence-corrected chi connectivity index (χ3v) is 5.73. The van der Waals surface area contributed by atoms with E-state index < -0.39 is 0 Å². The van der Waals surface area contributed by atoms with Gasteiger partial charge in [0.2, 0.25) is 0 Å². The fourth-order valence-corrected chi connectivity index (χ4v) is 4.38. The Labute approximate surface area is 117 Å². The molecule has 2 heterocycles. The molecule has 3 aliphatic rings. The van der Waals surface area contributed by atoms with Crippen molar-refractivity contribution in [2.24, 2.45) is 11.7 Å². The fourth-order valence-electron chi connectivity index (χ4n) is 4.38. The van der Waals surface area contributed by atoms with E-state index in [2.05, 4.69) is 11.8 Å². The molecule has 2 saturated heterocycles. The van der Waals surface area contributed by atoms with E-state index in [1.807, 2.05) is 0 Å². The van der Waals surface area contributed by atoms with E-state index in [0.29, 0.717) is 18.1 Å². The summed E-state index contributed by atoms with van der Waals surface area (Å²) in [6, 6.07) is 0.714. The SMILES string of the molecule is CC1CCC(CN)CN1CC1CCC2(CCCC2)O1. The molecule has 0 bridgehead atoms. The van der Waals surface area contributed by atoms with Crippen LogP contribution >= 0.6 is 0 Å². The van der Waals surface area contributed by atoms with Crippen molar-refractivity contribution >= 4 is 0 Å². The first-order chi connectivity index (χ1) is 9.21. The molecular formula is C16H30N2O. The van der Waals surface area contributed by atoms with Crippen LogP contribution in [0.4, 0.5) is 0 Å². The molecule has 1 saturated carbocycles. The Morgan fingerprint density at radius 1 is 1.16 bits per heavy atom. The van der Waals surface area contributed by atoms with Crippen LogP contribution in [0.2, 0.25) is 0 Å². The van der Waals surface area contributed by atoms with Gasteiger partial charge in [-0.2, -0.15) is 0 Å². The van der Waals surface area contributed by atoms with E-state index in [0.717, 1.165) is 13.1 Å². The quantitative estimate of drug-likeness (QED) is 0.853. The maximum atomic E-state index is 6.46. The van der Waals surface area contributed by atoms with Gasteiger partial charge in [0.1, 0.15) is 0 Å². The Kier molecular flexibility index (Phi) is 4.16. The van der Waals surface area contributed by atoms with Crippen LogP contribution in [0.5, 0.6) is 0 Å². The second kappa shape index (κ2) is 5.71. The molecule has 1 aliphatic carbocycles. The van der Waals surface area contributed by atoms with Crippen LogP contribution in [0.3, 0.4) is 0 Å². The zero-order valence-electron chi connectivity index (χ0n) is 12.4. The van der Waals surface area contributed by atoms with Gasteiger partial charge in [-0.3, -0.25) is 4.90 Å². The van der Waals surface area contributed by atoms with Crippen molar-refractivity contribution < 1.29 is 4.74 Å². The summed E-state index contributed by atoms with van der Waals surface area (Å²) in [6.07, 6.45) is 11.1. The Hall–Kier alpha value is -0.120. The summed E-state index contributed by atoms with van der Waals surface area (Å²) in [5.41, 5.74) is 6.14. The van der Waals surface area contributed by atoms with Gasteiger partial charge in [-0.05, 0) is 57.9 Å². The van der Waals surface area contributed by atoms with Crippen LogP contribution in [0.1, 0.15) is 58.3 Å². The van der Waals surface area contributed by atoms with Crippen molar-refractivity contribution in [3.05, 3.63) is 0 Å². The number of nitrogens with zero attached hydrogens (tertiary/aromatic N) is 1. The normalized spacial score (nSPS) is 39.2. The minimum Gasteiger partial charge on any atom is -0.370 e. The molecule has 3 unspecified atom stereocenters. The molecule has 2 N–H and O–H groups in total. The molecule has 0 aromatic heterocycles. The molecular weight excluding hydrogens is 236 g/mol. The van der Waals surface area contributed by atoms with Crippen molar-refractivity contribution in [1.82, 2.24) is 4.90 Å². The van der Waals surface area contributed by atoms with Gasteiger partial charge in [0.05, 0.1) is 11.7 Å². The topological polar surface area (TPSA) is 38.5 Å². The van der Waals surface area contributed by atoms with Gasteiger partial charge in [-0.1, -0.05) is 12.8 Å². The van der Waals surface area contributed by atoms with Crippen LogP contribution in [-0.4, -0.2) is 42.3 Å². The lowest BCUT2D eigenvalue weighted by Crippen LogP contribution is -2.47. The van der Waals surface area contributed by atoms with Crippen molar-refractivity contribution in [2.45, 2.75) is 76.0 Å². The maximum absolute atomic E-state index is 6.46. The highest BCUT2D eigenvalue weighted by Gasteiger charge is 2.43. The lowest BCUT2D eigenvalue weighted by molar-refractivity contribution is -0.0556. The highest BCUT2D eigenvalue weighted by Crippen LogP contribution is 2.43. The van der Waals surface area contributed by atoms with Gasteiger partial charge < -0.3 is 10.5 Å². The molecule has 2 aliphatic heterocycles. The molecule has 3 heteroatoms. The number of nitrogens with two attached hydrogens (primary N) is 1. The molecule has 0 aromatic carbocycles. The standard InChI is InChI=1S/C16H30N2O/c1-13-4-5-14(10-17)11-18(13)12-15-6-9-16(19-15)7-2-3-8-16/h13-15H,2-12,17H2,1H3. The largest absolute Gasteiger partial charge is 0.370 e. The summed E-state index contributed by atoms with van der Waals surface area (Å²) in [6.45, 7) is 5.54. The molecule has 3 fully saturated rings. The first-order valence-corrected chi connectivity index (χ1v) is 8.33. The van der Waals surface area contributed by atoms with E-state index in [4.69, 9.17) is 10.5 Å². The summed E-state index contributed by atoms with van der Waals surface area (Å²) >= 11 is 0. The number of ether oxygens (including phenoxy) is 1. The summed E-state index contributed by atoms with van der Waals surface area (Å²) in [5, 5.41) is 0. The molecule has 0 radical (unpaired) electrons. The van der Waals surface area contributed by atoms with E-state index >= 15 is 0 Å². The average Bonchev–Trinajstić information content (AvgIpc) is 3.03.